The zero-order valence-electron chi connectivity index (χ0n) is 11.5. The number of amides is 1. The van der Waals surface area contributed by atoms with Crippen molar-refractivity contribution in [3.8, 4) is 0 Å². The van der Waals surface area contributed by atoms with Gasteiger partial charge in [0.15, 0.2) is 0 Å². The Bertz CT molecular complexity index is 384. The van der Waals surface area contributed by atoms with E-state index >= 15 is 0 Å². The van der Waals surface area contributed by atoms with Crippen molar-refractivity contribution in [1.82, 2.24) is 5.32 Å². The quantitative estimate of drug-likeness (QED) is 0.643. The van der Waals surface area contributed by atoms with Gasteiger partial charge in [0, 0.05) is 6.61 Å². The number of rotatable bonds is 9. The number of primary amides is 1. The van der Waals surface area contributed by atoms with Crippen LogP contribution >= 0.6 is 0 Å². The summed E-state index contributed by atoms with van der Waals surface area (Å²) in [6.07, 6.45) is 0. The molecule has 19 heavy (non-hydrogen) atoms. The molecule has 0 radical (unpaired) electrons. The van der Waals surface area contributed by atoms with E-state index in [1.54, 1.807) is 7.05 Å². The molecule has 1 unspecified atom stereocenters. The Hall–Kier alpha value is -1.43. The van der Waals surface area contributed by atoms with Gasteiger partial charge < -0.3 is 20.5 Å². The van der Waals surface area contributed by atoms with E-state index in [4.69, 9.17) is 15.2 Å². The second-order valence-electron chi connectivity index (χ2n) is 4.14. The van der Waals surface area contributed by atoms with Crippen molar-refractivity contribution in [2.45, 2.75) is 12.5 Å². The van der Waals surface area contributed by atoms with Gasteiger partial charge in [-0.1, -0.05) is 30.3 Å². The van der Waals surface area contributed by atoms with E-state index in [-0.39, 0.29) is 6.61 Å². The van der Waals surface area contributed by atoms with Gasteiger partial charge in [0.25, 0.3) is 0 Å². The van der Waals surface area contributed by atoms with Crippen molar-refractivity contribution in [3.05, 3.63) is 35.9 Å². The van der Waals surface area contributed by atoms with Crippen LogP contribution in [0.25, 0.3) is 0 Å². The lowest BCUT2D eigenvalue weighted by atomic mass is 9.90. The number of nitrogens with one attached hydrogen (secondary N) is 1. The Kier molecular flexibility index (Phi) is 6.49. The Labute approximate surface area is 114 Å². The number of carbonyl (C=O) groups excluding carboxylic acids is 1. The van der Waals surface area contributed by atoms with E-state index < -0.39 is 11.4 Å². The van der Waals surface area contributed by atoms with E-state index in [0.29, 0.717) is 19.8 Å². The van der Waals surface area contributed by atoms with Crippen LogP contribution in [0.5, 0.6) is 0 Å². The van der Waals surface area contributed by atoms with Gasteiger partial charge in [-0.2, -0.15) is 0 Å². The fourth-order valence-electron chi connectivity index (χ4n) is 1.85. The smallest absolute Gasteiger partial charge is 0.244 e. The number of benzene rings is 1. The fourth-order valence-corrected chi connectivity index (χ4v) is 1.85. The number of ether oxygens (including phenoxy) is 2. The average Bonchev–Trinajstić information content (AvgIpc) is 2.44. The number of carbonyl (C=O) groups is 1. The van der Waals surface area contributed by atoms with Gasteiger partial charge in [-0.3, -0.25) is 4.79 Å². The minimum atomic E-state index is -1.01. The lowest BCUT2D eigenvalue weighted by Crippen LogP contribution is -2.54. The maximum absolute atomic E-state index is 11.8. The Morgan fingerprint density at radius 3 is 2.42 bits per heavy atom. The molecular formula is C14H22N2O3. The van der Waals surface area contributed by atoms with Gasteiger partial charge in [0.1, 0.15) is 5.54 Å². The first-order valence-corrected chi connectivity index (χ1v) is 6.37. The molecule has 5 heteroatoms. The van der Waals surface area contributed by atoms with Gasteiger partial charge in [-0.25, -0.2) is 0 Å². The summed E-state index contributed by atoms with van der Waals surface area (Å²) in [5.41, 5.74) is 5.33. The lowest BCUT2D eigenvalue weighted by molar-refractivity contribution is -0.127. The highest BCUT2D eigenvalue weighted by Crippen LogP contribution is 2.20. The summed E-state index contributed by atoms with van der Waals surface area (Å²) in [6.45, 7) is 3.68. The molecule has 0 fully saturated rings. The summed E-state index contributed by atoms with van der Waals surface area (Å²) >= 11 is 0. The van der Waals surface area contributed by atoms with Crippen molar-refractivity contribution in [2.24, 2.45) is 5.73 Å². The predicted molar refractivity (Wildman–Crippen MR) is 73.7 cm³/mol. The first-order chi connectivity index (χ1) is 9.17. The SMILES string of the molecule is CCOCCOCC(NC)(C(N)=O)c1ccccc1. The van der Waals surface area contributed by atoms with Crippen molar-refractivity contribution < 1.29 is 14.3 Å². The molecule has 1 aromatic rings. The Balaban J connectivity index is 2.74. The molecule has 0 bridgehead atoms. The predicted octanol–water partition coefficient (Wildman–Crippen LogP) is 0.640. The second-order valence-corrected chi connectivity index (χ2v) is 4.14. The molecule has 1 rings (SSSR count). The van der Waals surface area contributed by atoms with Crippen LogP contribution in [0.3, 0.4) is 0 Å². The molecule has 1 amide bonds. The van der Waals surface area contributed by atoms with Crippen molar-refractivity contribution >= 4 is 5.91 Å². The molecule has 3 N–H and O–H groups in total. The highest BCUT2D eigenvalue weighted by molar-refractivity contribution is 5.86. The van der Waals surface area contributed by atoms with Crippen molar-refractivity contribution in [1.29, 1.82) is 0 Å². The largest absolute Gasteiger partial charge is 0.379 e. The number of hydrogen-bond donors (Lipinski definition) is 2. The minimum Gasteiger partial charge on any atom is -0.379 e. The van der Waals surface area contributed by atoms with Crippen LogP contribution in [-0.4, -0.2) is 39.4 Å². The summed E-state index contributed by atoms with van der Waals surface area (Å²) in [6, 6.07) is 9.33. The summed E-state index contributed by atoms with van der Waals surface area (Å²) < 4.78 is 10.7. The van der Waals surface area contributed by atoms with Crippen LogP contribution in [0.2, 0.25) is 0 Å². The average molecular weight is 266 g/mol. The molecular weight excluding hydrogens is 244 g/mol. The molecule has 1 aromatic carbocycles. The fraction of sp³-hybridized carbons (Fsp3) is 0.500. The van der Waals surface area contributed by atoms with Gasteiger partial charge in [0.05, 0.1) is 19.8 Å². The maximum Gasteiger partial charge on any atom is 0.244 e. The standard InChI is InChI=1S/C14H22N2O3/c1-3-18-9-10-19-11-14(16-2,13(15)17)12-7-5-4-6-8-12/h4-8,16H,3,9-11H2,1-2H3,(H2,15,17). The van der Waals surface area contributed by atoms with Gasteiger partial charge in [-0.15, -0.1) is 0 Å². The molecule has 0 saturated carbocycles. The number of hydrogen-bond acceptors (Lipinski definition) is 4. The van der Waals surface area contributed by atoms with Crippen LogP contribution < -0.4 is 11.1 Å². The van der Waals surface area contributed by atoms with E-state index in [9.17, 15) is 4.79 Å². The van der Waals surface area contributed by atoms with Crippen LogP contribution in [-0.2, 0) is 19.8 Å². The summed E-state index contributed by atoms with van der Waals surface area (Å²) in [4.78, 5) is 11.8. The molecule has 0 aliphatic heterocycles. The Morgan fingerprint density at radius 2 is 1.89 bits per heavy atom. The van der Waals surface area contributed by atoms with Crippen molar-refractivity contribution in [2.75, 3.05) is 33.5 Å². The van der Waals surface area contributed by atoms with Crippen molar-refractivity contribution in [3.63, 3.8) is 0 Å². The van der Waals surface area contributed by atoms with E-state index in [1.807, 2.05) is 37.3 Å². The van der Waals surface area contributed by atoms with E-state index in [0.717, 1.165) is 5.56 Å². The first-order valence-electron chi connectivity index (χ1n) is 6.37. The molecule has 0 saturated heterocycles. The first kappa shape index (κ1) is 15.6. The third-order valence-electron chi connectivity index (χ3n) is 3.01. The molecule has 0 aliphatic rings. The molecule has 1 atom stereocenters. The third-order valence-corrected chi connectivity index (χ3v) is 3.01. The third kappa shape index (κ3) is 4.02. The maximum atomic E-state index is 11.8. The topological polar surface area (TPSA) is 73.6 Å². The lowest BCUT2D eigenvalue weighted by Gasteiger charge is -2.30. The van der Waals surface area contributed by atoms with Crippen LogP contribution in [0, 0.1) is 0 Å². The molecule has 0 spiro atoms. The minimum absolute atomic E-state index is 0.177. The molecule has 0 aromatic heterocycles. The van der Waals surface area contributed by atoms with Gasteiger partial charge >= 0.3 is 0 Å². The second kappa shape index (κ2) is 7.89. The zero-order chi connectivity index (χ0) is 14.1. The van der Waals surface area contributed by atoms with E-state index in [2.05, 4.69) is 5.32 Å². The zero-order valence-corrected chi connectivity index (χ0v) is 11.5. The monoisotopic (exact) mass is 266 g/mol. The Morgan fingerprint density at radius 1 is 1.26 bits per heavy atom. The van der Waals surface area contributed by atoms with Gasteiger partial charge in [-0.05, 0) is 19.5 Å². The number of likely N-dealkylation sites (N-methyl/N-ethyl adjacent to an activating group) is 1. The summed E-state index contributed by atoms with van der Waals surface area (Å²) in [7, 11) is 1.70. The molecule has 5 nitrogen and oxygen atoms in total. The normalized spacial score (nSPS) is 14.0. The molecule has 106 valence electrons. The highest BCUT2D eigenvalue weighted by atomic mass is 16.5. The summed E-state index contributed by atoms with van der Waals surface area (Å²) in [5, 5.41) is 2.98. The molecule has 0 heterocycles. The van der Waals surface area contributed by atoms with Crippen LogP contribution in [0.4, 0.5) is 0 Å². The summed E-state index contributed by atoms with van der Waals surface area (Å²) in [5.74, 6) is -0.461. The van der Waals surface area contributed by atoms with E-state index in [1.165, 1.54) is 0 Å². The van der Waals surface area contributed by atoms with Gasteiger partial charge in [0.2, 0.25) is 5.91 Å². The van der Waals surface area contributed by atoms with Crippen LogP contribution in [0.15, 0.2) is 30.3 Å². The van der Waals surface area contributed by atoms with Crippen LogP contribution in [0.1, 0.15) is 12.5 Å². The highest BCUT2D eigenvalue weighted by Gasteiger charge is 2.37. The number of nitrogens with two attached hydrogens (primary N) is 1. The molecule has 0 aliphatic carbocycles.